The molecule has 3 aromatic rings. The van der Waals surface area contributed by atoms with Crippen molar-refractivity contribution in [2.75, 3.05) is 0 Å². The SMILES string of the molecule is Cn1cc(C#N)c2c3c(c(-c4ccccc4Cl)cc21)C(=O)NC3=O.[HH]. The third kappa shape index (κ3) is 1.81. The maximum atomic E-state index is 12.4. The second kappa shape index (κ2) is 4.95. The lowest BCUT2D eigenvalue weighted by Gasteiger charge is -2.10. The molecule has 0 radical (unpaired) electrons. The summed E-state index contributed by atoms with van der Waals surface area (Å²) in [5.41, 5.74) is 2.82. The van der Waals surface area contributed by atoms with Crippen molar-refractivity contribution < 1.29 is 11.0 Å². The van der Waals surface area contributed by atoms with E-state index in [0.29, 0.717) is 32.6 Å². The minimum atomic E-state index is -0.489. The van der Waals surface area contributed by atoms with Crippen LogP contribution in [0, 0.1) is 11.3 Å². The van der Waals surface area contributed by atoms with E-state index in [1.165, 1.54) is 0 Å². The van der Waals surface area contributed by atoms with Gasteiger partial charge in [0.2, 0.25) is 0 Å². The number of rotatable bonds is 1. The number of carbonyl (C=O) groups excluding carboxylic acids is 2. The highest BCUT2D eigenvalue weighted by Crippen LogP contribution is 2.39. The van der Waals surface area contributed by atoms with E-state index >= 15 is 0 Å². The molecule has 4 rings (SSSR count). The number of fused-ring (bicyclic) bond motifs is 3. The molecule has 5 nitrogen and oxygen atoms in total. The van der Waals surface area contributed by atoms with E-state index in [4.69, 9.17) is 11.6 Å². The van der Waals surface area contributed by atoms with Gasteiger partial charge in [0.05, 0.1) is 22.2 Å². The molecule has 1 aromatic heterocycles. The van der Waals surface area contributed by atoms with E-state index in [2.05, 4.69) is 11.4 Å². The number of halogens is 1. The van der Waals surface area contributed by atoms with Crippen molar-refractivity contribution in [2.24, 2.45) is 7.05 Å². The van der Waals surface area contributed by atoms with Crippen LogP contribution in [-0.4, -0.2) is 16.4 Å². The molecule has 6 heteroatoms. The number of nitrogens with zero attached hydrogens (tertiary/aromatic N) is 2. The Kier molecular flexibility index (Phi) is 2.99. The van der Waals surface area contributed by atoms with Crippen molar-refractivity contribution >= 4 is 34.3 Å². The Morgan fingerprint density at radius 1 is 1.17 bits per heavy atom. The normalized spacial score (nSPS) is 13.0. The number of hydrogen-bond acceptors (Lipinski definition) is 3. The zero-order valence-electron chi connectivity index (χ0n) is 12.6. The Hall–Kier alpha value is -3.10. The number of aromatic nitrogens is 1. The number of amides is 2. The van der Waals surface area contributed by atoms with Crippen molar-refractivity contribution in [2.45, 2.75) is 0 Å². The minimum Gasteiger partial charge on any atom is -0.349 e. The Balaban J connectivity index is 0.00000182. The number of aryl methyl sites for hydroxylation is 1. The van der Waals surface area contributed by atoms with Gasteiger partial charge >= 0.3 is 0 Å². The second-order valence-corrected chi connectivity index (χ2v) is 6.00. The molecule has 0 saturated carbocycles. The lowest BCUT2D eigenvalue weighted by molar-refractivity contribution is 0.0880. The van der Waals surface area contributed by atoms with Crippen LogP contribution in [0.3, 0.4) is 0 Å². The van der Waals surface area contributed by atoms with Crippen LogP contribution >= 0.6 is 11.6 Å². The molecule has 2 heterocycles. The van der Waals surface area contributed by atoms with E-state index in [0.717, 1.165) is 0 Å². The molecule has 0 saturated heterocycles. The van der Waals surface area contributed by atoms with E-state index in [-0.39, 0.29) is 12.6 Å². The van der Waals surface area contributed by atoms with Gasteiger partial charge in [0.15, 0.2) is 0 Å². The lowest BCUT2D eigenvalue weighted by Crippen LogP contribution is -2.20. The molecule has 0 atom stereocenters. The van der Waals surface area contributed by atoms with Gasteiger partial charge in [-0.15, -0.1) is 0 Å². The molecular formula is C18H12ClN3O2. The predicted molar refractivity (Wildman–Crippen MR) is 92.0 cm³/mol. The summed E-state index contributed by atoms with van der Waals surface area (Å²) in [6.07, 6.45) is 1.65. The molecule has 0 spiro atoms. The van der Waals surface area contributed by atoms with Crippen molar-refractivity contribution in [3.05, 3.63) is 58.2 Å². The summed E-state index contributed by atoms with van der Waals surface area (Å²) in [7, 11) is 1.79. The molecule has 0 bridgehead atoms. The fourth-order valence-electron chi connectivity index (χ4n) is 3.22. The number of nitrogens with one attached hydrogen (secondary N) is 1. The fraction of sp³-hybridized carbons (Fsp3) is 0.0556. The van der Waals surface area contributed by atoms with Crippen molar-refractivity contribution in [3.8, 4) is 17.2 Å². The predicted octanol–water partition coefficient (Wildman–Crippen LogP) is 3.50. The zero-order valence-corrected chi connectivity index (χ0v) is 13.3. The molecule has 1 aliphatic rings. The van der Waals surface area contributed by atoms with Crippen molar-refractivity contribution in [3.63, 3.8) is 0 Å². The molecule has 24 heavy (non-hydrogen) atoms. The number of benzene rings is 2. The summed E-state index contributed by atoms with van der Waals surface area (Å²) in [5, 5.41) is 12.7. The molecule has 0 unspecified atom stereocenters. The van der Waals surface area contributed by atoms with Crippen LogP contribution in [0.25, 0.3) is 22.0 Å². The quantitative estimate of drug-likeness (QED) is 0.690. The number of nitriles is 1. The highest BCUT2D eigenvalue weighted by atomic mass is 35.5. The number of carbonyl (C=O) groups is 2. The first-order valence-electron chi connectivity index (χ1n) is 7.19. The van der Waals surface area contributed by atoms with Gasteiger partial charge in [-0.3, -0.25) is 14.9 Å². The van der Waals surface area contributed by atoms with E-state index in [9.17, 15) is 14.9 Å². The van der Waals surface area contributed by atoms with E-state index in [1.807, 2.05) is 6.07 Å². The van der Waals surface area contributed by atoms with Gasteiger partial charge < -0.3 is 4.57 Å². The standard InChI is InChI=1S/C18H10ClN3O2.H2/c1-22-8-9(7-20)14-13(22)6-11(10-4-2-3-5-12(10)19)15-16(14)18(24)21-17(15)23;/h2-6,8H,1H3,(H,21,23,24);1H. The third-order valence-corrected chi connectivity index (χ3v) is 4.57. The Labute approximate surface area is 143 Å². The Bertz CT molecular complexity index is 1110. The van der Waals surface area contributed by atoms with Crippen LogP contribution in [0.5, 0.6) is 0 Å². The molecule has 0 fully saturated rings. The molecule has 118 valence electrons. The van der Waals surface area contributed by atoms with Gasteiger partial charge in [-0.05, 0) is 17.7 Å². The summed E-state index contributed by atoms with van der Waals surface area (Å²) >= 11 is 6.29. The Morgan fingerprint density at radius 2 is 1.88 bits per heavy atom. The maximum Gasteiger partial charge on any atom is 0.259 e. The summed E-state index contributed by atoms with van der Waals surface area (Å²) < 4.78 is 1.77. The van der Waals surface area contributed by atoms with Crippen LogP contribution in [0.4, 0.5) is 0 Å². The maximum absolute atomic E-state index is 12.4. The largest absolute Gasteiger partial charge is 0.349 e. The van der Waals surface area contributed by atoms with Gasteiger partial charge in [-0.25, -0.2) is 0 Å². The average Bonchev–Trinajstić information content (AvgIpc) is 3.04. The first kappa shape index (κ1) is 14.5. The van der Waals surface area contributed by atoms with E-state index in [1.54, 1.807) is 42.1 Å². The zero-order chi connectivity index (χ0) is 17.0. The summed E-state index contributed by atoms with van der Waals surface area (Å²) in [5.74, 6) is -0.962. The monoisotopic (exact) mass is 337 g/mol. The minimum absolute atomic E-state index is 0. The number of imide groups is 1. The van der Waals surface area contributed by atoms with Crippen LogP contribution < -0.4 is 5.32 Å². The lowest BCUT2D eigenvalue weighted by atomic mass is 9.93. The summed E-state index contributed by atoms with van der Waals surface area (Å²) in [4.78, 5) is 24.7. The molecular weight excluding hydrogens is 326 g/mol. The van der Waals surface area contributed by atoms with Gasteiger partial charge in [-0.2, -0.15) is 5.26 Å². The fourth-order valence-corrected chi connectivity index (χ4v) is 3.45. The van der Waals surface area contributed by atoms with Crippen LogP contribution in [0.15, 0.2) is 36.5 Å². The van der Waals surface area contributed by atoms with Gasteiger partial charge in [0.25, 0.3) is 11.8 Å². The molecule has 2 aromatic carbocycles. The first-order chi connectivity index (χ1) is 11.5. The van der Waals surface area contributed by atoms with Crippen molar-refractivity contribution in [1.29, 1.82) is 5.26 Å². The van der Waals surface area contributed by atoms with Crippen LogP contribution in [0.2, 0.25) is 5.02 Å². The smallest absolute Gasteiger partial charge is 0.259 e. The van der Waals surface area contributed by atoms with Crippen molar-refractivity contribution in [1.82, 2.24) is 9.88 Å². The van der Waals surface area contributed by atoms with Crippen LogP contribution in [-0.2, 0) is 7.05 Å². The van der Waals surface area contributed by atoms with E-state index < -0.39 is 11.8 Å². The third-order valence-electron chi connectivity index (χ3n) is 4.24. The second-order valence-electron chi connectivity index (χ2n) is 5.60. The number of hydrogen-bond donors (Lipinski definition) is 1. The summed E-state index contributed by atoms with van der Waals surface area (Å²) in [6, 6.07) is 11.0. The van der Waals surface area contributed by atoms with Gasteiger partial charge in [-0.1, -0.05) is 29.8 Å². The summed E-state index contributed by atoms with van der Waals surface area (Å²) in [6.45, 7) is 0. The van der Waals surface area contributed by atoms with Gasteiger partial charge in [0, 0.05) is 30.6 Å². The van der Waals surface area contributed by atoms with Crippen LogP contribution in [0.1, 0.15) is 27.7 Å². The van der Waals surface area contributed by atoms with Gasteiger partial charge in [0.1, 0.15) is 6.07 Å². The topological polar surface area (TPSA) is 74.9 Å². The molecule has 1 aliphatic heterocycles. The molecule has 1 N–H and O–H groups in total. The Morgan fingerprint density at radius 3 is 2.58 bits per heavy atom. The highest BCUT2D eigenvalue weighted by Gasteiger charge is 2.34. The first-order valence-corrected chi connectivity index (χ1v) is 7.57. The average molecular weight is 338 g/mol. The molecule has 0 aliphatic carbocycles. The highest BCUT2D eigenvalue weighted by molar-refractivity contribution is 6.35. The molecule has 2 amide bonds.